The van der Waals surface area contributed by atoms with E-state index in [0.29, 0.717) is 22.2 Å². The fraction of sp³-hybridized carbons (Fsp3) is 0.360. The minimum absolute atomic E-state index is 0.0654. The van der Waals surface area contributed by atoms with E-state index in [1.54, 1.807) is 0 Å². The number of hydrogen-bond donors (Lipinski definition) is 1. The van der Waals surface area contributed by atoms with E-state index < -0.39 is 0 Å². The number of phenols is 1. The predicted molar refractivity (Wildman–Crippen MR) is 136 cm³/mol. The van der Waals surface area contributed by atoms with Crippen molar-refractivity contribution in [3.8, 4) is 5.75 Å². The highest BCUT2D eigenvalue weighted by Gasteiger charge is 2.27. The van der Waals surface area contributed by atoms with Gasteiger partial charge in [-0.15, -0.1) is 0 Å². The highest BCUT2D eigenvalue weighted by atomic mass is 35.5. The van der Waals surface area contributed by atoms with Crippen molar-refractivity contribution in [2.24, 2.45) is 4.99 Å². The third-order valence-corrected chi connectivity index (χ3v) is 7.39. The molecule has 2 aromatic rings. The molecule has 0 aromatic heterocycles. The maximum Gasteiger partial charge on any atom is 0.244 e. The molecule has 0 fully saturated rings. The van der Waals surface area contributed by atoms with Gasteiger partial charge in [-0.1, -0.05) is 83.1 Å². The maximum atomic E-state index is 12.6. The molecule has 3 rings (SSSR count). The van der Waals surface area contributed by atoms with E-state index in [2.05, 4.69) is 46.5 Å². The lowest BCUT2D eigenvalue weighted by Gasteiger charge is -2.27. The van der Waals surface area contributed by atoms with Crippen molar-refractivity contribution in [3.05, 3.63) is 69.4 Å². The number of benzene rings is 2. The van der Waals surface area contributed by atoms with Gasteiger partial charge in [-0.05, 0) is 58.0 Å². The molecule has 1 aliphatic rings. The Balaban J connectivity index is 1.93. The molecule has 1 aliphatic heterocycles. The fourth-order valence-electron chi connectivity index (χ4n) is 3.25. The SMILES string of the molecule is CC(C)(C)c1cc(C=C2N=C(SCc3ccccc3Cl)SC2=O)cc(C(C)(C)C)c1O. The molecule has 0 radical (unpaired) electrons. The van der Waals surface area contributed by atoms with Gasteiger partial charge in [-0.25, -0.2) is 4.99 Å². The summed E-state index contributed by atoms with van der Waals surface area (Å²) in [6.07, 6.45) is 1.82. The van der Waals surface area contributed by atoms with E-state index in [-0.39, 0.29) is 15.9 Å². The number of thioether (sulfide) groups is 2. The summed E-state index contributed by atoms with van der Waals surface area (Å²) in [6, 6.07) is 11.6. The van der Waals surface area contributed by atoms with Crippen LogP contribution in [0.4, 0.5) is 0 Å². The molecule has 0 atom stereocenters. The van der Waals surface area contributed by atoms with E-state index in [9.17, 15) is 9.90 Å². The zero-order valence-electron chi connectivity index (χ0n) is 18.7. The van der Waals surface area contributed by atoms with Crippen molar-refractivity contribution >= 4 is 50.7 Å². The van der Waals surface area contributed by atoms with Crippen LogP contribution in [0, 0.1) is 0 Å². The molecule has 31 heavy (non-hydrogen) atoms. The van der Waals surface area contributed by atoms with Gasteiger partial charge < -0.3 is 5.11 Å². The fourth-order valence-corrected chi connectivity index (χ4v) is 5.37. The largest absolute Gasteiger partial charge is 0.507 e. The summed E-state index contributed by atoms with van der Waals surface area (Å²) in [6.45, 7) is 12.4. The molecule has 0 aliphatic carbocycles. The lowest BCUT2D eigenvalue weighted by molar-refractivity contribution is -0.107. The molecule has 0 bridgehead atoms. The third kappa shape index (κ3) is 5.76. The Morgan fingerprint density at radius 3 is 2.19 bits per heavy atom. The molecular formula is C25H28ClNO2S2. The highest BCUT2D eigenvalue weighted by Crippen LogP contribution is 2.41. The van der Waals surface area contributed by atoms with E-state index >= 15 is 0 Å². The van der Waals surface area contributed by atoms with Gasteiger partial charge in [0.2, 0.25) is 5.12 Å². The second-order valence-electron chi connectivity index (χ2n) is 9.64. The van der Waals surface area contributed by atoms with Gasteiger partial charge in [0.15, 0.2) is 0 Å². The summed E-state index contributed by atoms with van der Waals surface area (Å²) < 4.78 is 0.724. The van der Waals surface area contributed by atoms with Gasteiger partial charge in [0.25, 0.3) is 0 Å². The summed E-state index contributed by atoms with van der Waals surface area (Å²) in [5, 5.41) is 11.6. The Bertz CT molecular complexity index is 1040. The normalized spacial score (nSPS) is 16.2. The number of carbonyl (C=O) groups excluding carboxylic acids is 1. The van der Waals surface area contributed by atoms with Gasteiger partial charge in [0.1, 0.15) is 15.8 Å². The molecule has 164 valence electrons. The second kappa shape index (κ2) is 9.05. The molecule has 1 N–H and O–H groups in total. The van der Waals surface area contributed by atoms with Crippen LogP contribution < -0.4 is 0 Å². The highest BCUT2D eigenvalue weighted by molar-refractivity contribution is 8.45. The number of halogens is 1. The van der Waals surface area contributed by atoms with Gasteiger partial charge in [-0.3, -0.25) is 4.79 Å². The van der Waals surface area contributed by atoms with Crippen molar-refractivity contribution in [1.29, 1.82) is 0 Å². The van der Waals surface area contributed by atoms with Crippen LogP contribution in [0.25, 0.3) is 6.08 Å². The third-order valence-electron chi connectivity index (χ3n) is 4.96. The Kier molecular flexibility index (Phi) is 6.99. The smallest absolute Gasteiger partial charge is 0.244 e. The van der Waals surface area contributed by atoms with Crippen LogP contribution in [-0.4, -0.2) is 14.6 Å². The predicted octanol–water partition coefficient (Wildman–Crippen LogP) is 7.54. The number of carbonyl (C=O) groups is 1. The lowest BCUT2D eigenvalue weighted by atomic mass is 9.78. The van der Waals surface area contributed by atoms with Gasteiger partial charge in [0.05, 0.1) is 0 Å². The lowest BCUT2D eigenvalue weighted by Crippen LogP contribution is -2.17. The molecular weight excluding hydrogens is 446 g/mol. The van der Waals surface area contributed by atoms with Crippen molar-refractivity contribution in [1.82, 2.24) is 0 Å². The molecule has 2 aromatic carbocycles. The zero-order chi connectivity index (χ0) is 23.0. The Morgan fingerprint density at radius 1 is 1.06 bits per heavy atom. The van der Waals surface area contributed by atoms with Crippen molar-refractivity contribution < 1.29 is 9.90 Å². The number of aromatic hydroxyl groups is 1. The summed E-state index contributed by atoms with van der Waals surface area (Å²) in [7, 11) is 0. The topological polar surface area (TPSA) is 49.7 Å². The molecule has 0 amide bonds. The van der Waals surface area contributed by atoms with Crippen LogP contribution >= 0.6 is 35.1 Å². The van der Waals surface area contributed by atoms with E-state index in [1.165, 1.54) is 11.8 Å². The summed E-state index contributed by atoms with van der Waals surface area (Å²) in [5.74, 6) is 0.988. The molecule has 6 heteroatoms. The average molecular weight is 474 g/mol. The second-order valence-corrected chi connectivity index (χ2v) is 12.2. The number of hydrogen-bond acceptors (Lipinski definition) is 5. The van der Waals surface area contributed by atoms with Crippen LogP contribution in [0.15, 0.2) is 47.1 Å². The first kappa shape index (κ1) is 24.0. The maximum absolute atomic E-state index is 12.6. The minimum atomic E-state index is -0.230. The van der Waals surface area contributed by atoms with Crippen LogP contribution in [0.1, 0.15) is 63.8 Å². The van der Waals surface area contributed by atoms with Crippen molar-refractivity contribution in [2.45, 2.75) is 58.1 Å². The quantitative estimate of drug-likeness (QED) is 0.467. The van der Waals surface area contributed by atoms with Crippen molar-refractivity contribution in [3.63, 3.8) is 0 Å². The number of nitrogens with zero attached hydrogens (tertiary/aromatic N) is 1. The molecule has 0 spiro atoms. The zero-order valence-corrected chi connectivity index (χ0v) is 21.1. The molecule has 3 nitrogen and oxygen atoms in total. The number of aliphatic imine (C=N–C) groups is 1. The summed E-state index contributed by atoms with van der Waals surface area (Å²) in [5.41, 5.74) is 3.59. The molecule has 0 unspecified atom stereocenters. The number of phenolic OH excluding ortho intramolecular Hbond substituents is 1. The first-order valence-electron chi connectivity index (χ1n) is 10.1. The van der Waals surface area contributed by atoms with Crippen LogP contribution in [0.5, 0.6) is 5.75 Å². The molecule has 0 saturated carbocycles. The minimum Gasteiger partial charge on any atom is -0.507 e. The summed E-state index contributed by atoms with van der Waals surface area (Å²) in [4.78, 5) is 17.2. The molecule has 1 heterocycles. The summed E-state index contributed by atoms with van der Waals surface area (Å²) >= 11 is 8.90. The first-order chi connectivity index (χ1) is 14.4. The van der Waals surface area contributed by atoms with Crippen LogP contribution in [-0.2, 0) is 21.4 Å². The Morgan fingerprint density at radius 2 is 1.65 bits per heavy atom. The monoisotopic (exact) mass is 473 g/mol. The van der Waals surface area contributed by atoms with E-state index in [0.717, 1.165) is 38.4 Å². The van der Waals surface area contributed by atoms with Crippen molar-refractivity contribution in [2.75, 3.05) is 0 Å². The Labute approximate surface area is 198 Å². The Hall–Kier alpha value is -1.69. The van der Waals surface area contributed by atoms with E-state index in [4.69, 9.17) is 11.6 Å². The van der Waals surface area contributed by atoms with Crippen LogP contribution in [0.2, 0.25) is 5.02 Å². The first-order valence-corrected chi connectivity index (χ1v) is 12.3. The van der Waals surface area contributed by atoms with Gasteiger partial charge in [0, 0.05) is 21.9 Å². The number of rotatable bonds is 3. The van der Waals surface area contributed by atoms with Gasteiger partial charge in [-0.2, -0.15) is 0 Å². The van der Waals surface area contributed by atoms with E-state index in [1.807, 2.05) is 42.5 Å². The average Bonchev–Trinajstić information content (AvgIpc) is 3.00. The standard InChI is InChI=1S/C25H28ClNO2S2/c1-24(2,3)17-11-15(12-18(21(17)28)25(4,5)6)13-20-22(29)31-23(27-20)30-14-16-9-7-8-10-19(16)26/h7-13,28H,14H2,1-6H3. The molecule has 0 saturated heterocycles. The van der Waals surface area contributed by atoms with Crippen LogP contribution in [0.3, 0.4) is 0 Å². The van der Waals surface area contributed by atoms with Gasteiger partial charge >= 0.3 is 0 Å².